The molecule has 2 atom stereocenters. The molecule has 0 bridgehead atoms. The molecule has 6 rings (SSSR count). The summed E-state index contributed by atoms with van der Waals surface area (Å²) in [6.07, 6.45) is 0.185. The summed E-state index contributed by atoms with van der Waals surface area (Å²) >= 11 is 0. The van der Waals surface area contributed by atoms with Gasteiger partial charge in [-0.25, -0.2) is 0 Å². The van der Waals surface area contributed by atoms with Gasteiger partial charge in [-0.15, -0.1) is 0 Å². The van der Waals surface area contributed by atoms with Crippen molar-refractivity contribution in [2.45, 2.75) is 50.6 Å². The van der Waals surface area contributed by atoms with E-state index in [1.165, 1.54) is 0 Å². The van der Waals surface area contributed by atoms with Gasteiger partial charge in [0.2, 0.25) is 35.4 Å². The minimum atomic E-state index is -0.937. The molecule has 0 spiro atoms. The van der Waals surface area contributed by atoms with Crippen LogP contribution in [0.1, 0.15) is 36.8 Å². The molecule has 12 nitrogen and oxygen atoms in total. The second-order valence-corrected chi connectivity index (χ2v) is 13.5. The van der Waals surface area contributed by atoms with Crippen molar-refractivity contribution in [3.8, 4) is 0 Å². The molecule has 278 valence electrons. The molecule has 5 aromatic rings. The smallest absolute Gasteiger partial charge is 0.242 e. The number of benzene rings is 5. The molecule has 5 aromatic carbocycles. The first-order valence-corrected chi connectivity index (χ1v) is 18.3. The summed E-state index contributed by atoms with van der Waals surface area (Å²) in [6.45, 7) is 0.0770. The molecule has 54 heavy (non-hydrogen) atoms. The van der Waals surface area contributed by atoms with Crippen LogP contribution in [0.25, 0.3) is 32.3 Å². The Morgan fingerprint density at radius 2 is 0.759 bits per heavy atom. The Labute approximate surface area is 312 Å². The van der Waals surface area contributed by atoms with E-state index in [4.69, 9.17) is 0 Å². The van der Waals surface area contributed by atoms with E-state index in [0.717, 1.165) is 43.4 Å². The van der Waals surface area contributed by atoms with E-state index < -0.39 is 35.7 Å². The molecule has 0 unspecified atom stereocenters. The molecule has 0 aliphatic carbocycles. The molecule has 1 heterocycles. The first-order valence-electron chi connectivity index (χ1n) is 18.3. The number of hydrogen-bond acceptors (Lipinski definition) is 6. The number of fused-ring (bicyclic) bond motifs is 3. The number of nitrogens with one attached hydrogen (secondary N) is 6. The van der Waals surface area contributed by atoms with Crippen molar-refractivity contribution in [3.05, 3.63) is 108 Å². The molecule has 12 heteroatoms. The molecular weight excluding hydrogens is 684 g/mol. The largest absolute Gasteiger partial charge is 0.356 e. The van der Waals surface area contributed by atoms with E-state index in [0.29, 0.717) is 0 Å². The maximum absolute atomic E-state index is 13.4. The average Bonchev–Trinajstić information content (AvgIpc) is 3.16. The summed E-state index contributed by atoms with van der Waals surface area (Å²) in [6, 6.07) is 30.0. The van der Waals surface area contributed by atoms with E-state index in [-0.39, 0.29) is 76.5 Å². The van der Waals surface area contributed by atoms with Crippen LogP contribution < -0.4 is 31.9 Å². The summed E-state index contributed by atoms with van der Waals surface area (Å²) in [5.74, 6) is -2.49. The van der Waals surface area contributed by atoms with Crippen molar-refractivity contribution < 1.29 is 28.8 Å². The van der Waals surface area contributed by atoms with Crippen molar-refractivity contribution in [1.29, 1.82) is 0 Å². The lowest BCUT2D eigenvalue weighted by Crippen LogP contribution is -2.50. The minimum absolute atomic E-state index is 0.0109. The number of amides is 6. The van der Waals surface area contributed by atoms with Crippen LogP contribution in [0.2, 0.25) is 0 Å². The number of hydrogen-bond donors (Lipinski definition) is 6. The van der Waals surface area contributed by atoms with Crippen LogP contribution in [0, 0.1) is 0 Å². The summed E-state index contributed by atoms with van der Waals surface area (Å²) in [5.41, 5.74) is 1.68. The van der Waals surface area contributed by atoms with Crippen LogP contribution in [0.4, 0.5) is 0 Å². The van der Waals surface area contributed by atoms with Gasteiger partial charge in [0.1, 0.15) is 12.1 Å². The predicted octanol–water partition coefficient (Wildman–Crippen LogP) is 2.94. The first kappa shape index (κ1) is 37.5. The Morgan fingerprint density at radius 3 is 1.28 bits per heavy atom. The van der Waals surface area contributed by atoms with Gasteiger partial charge in [0, 0.05) is 64.7 Å². The maximum Gasteiger partial charge on any atom is 0.242 e. The van der Waals surface area contributed by atoms with Gasteiger partial charge in [0.25, 0.3) is 0 Å². The van der Waals surface area contributed by atoms with Crippen LogP contribution >= 0.6 is 0 Å². The predicted molar refractivity (Wildman–Crippen MR) is 207 cm³/mol. The van der Waals surface area contributed by atoms with Gasteiger partial charge in [0.05, 0.1) is 0 Å². The number of rotatable bonds is 4. The quantitative estimate of drug-likeness (QED) is 0.155. The fourth-order valence-corrected chi connectivity index (χ4v) is 6.56. The Morgan fingerprint density at radius 1 is 0.389 bits per heavy atom. The van der Waals surface area contributed by atoms with Crippen LogP contribution in [-0.2, 0) is 41.6 Å². The minimum Gasteiger partial charge on any atom is -0.356 e. The zero-order valence-corrected chi connectivity index (χ0v) is 29.9. The average molecular weight is 729 g/mol. The SMILES string of the molecule is O=C1CCNC(=O)[C@H](Cc2ccc3ccccc3c2)NC(=O)CCNC(=O)CCNC(=O)[C@H](Cc2ccc3cc4ccccc4cc3c2)NC(=O)CCN1. The lowest BCUT2D eigenvalue weighted by Gasteiger charge is -2.20. The second kappa shape index (κ2) is 18.0. The third kappa shape index (κ3) is 10.4. The second-order valence-electron chi connectivity index (χ2n) is 13.5. The van der Waals surface area contributed by atoms with Crippen LogP contribution in [-0.4, -0.2) is 73.7 Å². The maximum atomic E-state index is 13.4. The standard InChI is InChI=1S/C42H44N6O6/c49-37-13-19-45-41(53)35(23-27-9-11-29-5-1-2-6-30(29)21-27)47-39(51)15-17-43-38(50)14-20-46-42(54)36(48-40(52)16-18-44-37)24-28-10-12-33-25-31-7-3-4-8-32(31)26-34(33)22-28/h1-12,21-22,25-26,35-36H,13-20,23-24H2,(H,43,50)(H,44,49)(H,45,53)(H,46,54)(H,47,51)(H,48,52)/t35-,36-/m0/s1. The molecule has 0 saturated carbocycles. The van der Waals surface area contributed by atoms with E-state index in [1.54, 1.807) is 0 Å². The van der Waals surface area contributed by atoms with Gasteiger partial charge in [-0.3, -0.25) is 28.8 Å². The van der Waals surface area contributed by atoms with Crippen molar-refractivity contribution in [3.63, 3.8) is 0 Å². The van der Waals surface area contributed by atoms with Gasteiger partial charge >= 0.3 is 0 Å². The highest BCUT2D eigenvalue weighted by atomic mass is 16.2. The monoisotopic (exact) mass is 728 g/mol. The van der Waals surface area contributed by atoms with Gasteiger partial charge in [-0.1, -0.05) is 84.9 Å². The zero-order chi connectivity index (χ0) is 37.9. The fraction of sp³-hybridized carbons (Fsp3) is 0.286. The molecule has 1 aliphatic rings. The summed E-state index contributed by atoms with van der Waals surface area (Å²) in [5, 5.41) is 22.8. The lowest BCUT2D eigenvalue weighted by molar-refractivity contribution is -0.130. The van der Waals surface area contributed by atoms with E-state index >= 15 is 0 Å². The number of carbonyl (C=O) groups is 6. The highest BCUT2D eigenvalue weighted by molar-refractivity contribution is 5.98. The van der Waals surface area contributed by atoms with Crippen LogP contribution in [0.15, 0.2) is 97.1 Å². The third-order valence-corrected chi connectivity index (χ3v) is 9.42. The highest BCUT2D eigenvalue weighted by Crippen LogP contribution is 2.24. The van der Waals surface area contributed by atoms with Gasteiger partial charge < -0.3 is 31.9 Å². The van der Waals surface area contributed by atoms with Crippen molar-refractivity contribution in [2.24, 2.45) is 0 Å². The van der Waals surface area contributed by atoms with Crippen LogP contribution in [0.5, 0.6) is 0 Å². The fourth-order valence-electron chi connectivity index (χ4n) is 6.56. The Hall–Kier alpha value is -6.30. The summed E-state index contributed by atoms with van der Waals surface area (Å²) in [7, 11) is 0. The zero-order valence-electron chi connectivity index (χ0n) is 29.9. The lowest BCUT2D eigenvalue weighted by atomic mass is 9.98. The molecule has 1 aliphatic heterocycles. The summed E-state index contributed by atoms with van der Waals surface area (Å²) in [4.78, 5) is 77.8. The highest BCUT2D eigenvalue weighted by Gasteiger charge is 2.24. The Kier molecular flexibility index (Phi) is 12.5. The Bertz CT molecular complexity index is 2200. The topological polar surface area (TPSA) is 175 Å². The third-order valence-electron chi connectivity index (χ3n) is 9.42. The van der Waals surface area contributed by atoms with Gasteiger partial charge in [0.15, 0.2) is 0 Å². The molecular formula is C42H44N6O6. The molecule has 6 N–H and O–H groups in total. The van der Waals surface area contributed by atoms with Gasteiger partial charge in [-0.2, -0.15) is 0 Å². The molecule has 1 fully saturated rings. The normalized spacial score (nSPS) is 19.0. The molecule has 0 aromatic heterocycles. The first-order chi connectivity index (χ1) is 26.2. The summed E-state index contributed by atoms with van der Waals surface area (Å²) < 4.78 is 0. The van der Waals surface area contributed by atoms with Gasteiger partial charge in [-0.05, 0) is 55.6 Å². The van der Waals surface area contributed by atoms with Crippen LogP contribution in [0.3, 0.4) is 0 Å². The molecule has 1 saturated heterocycles. The van der Waals surface area contributed by atoms with E-state index in [9.17, 15) is 28.8 Å². The van der Waals surface area contributed by atoms with E-state index in [1.807, 2.05) is 78.9 Å². The van der Waals surface area contributed by atoms with Crippen molar-refractivity contribution >= 4 is 67.8 Å². The van der Waals surface area contributed by atoms with Crippen molar-refractivity contribution in [1.82, 2.24) is 31.9 Å². The molecule has 0 radical (unpaired) electrons. The van der Waals surface area contributed by atoms with Crippen molar-refractivity contribution in [2.75, 3.05) is 26.2 Å². The molecule has 6 amide bonds. The Balaban J connectivity index is 1.10. The van der Waals surface area contributed by atoms with E-state index in [2.05, 4.69) is 50.1 Å². The number of carbonyl (C=O) groups excluding carboxylic acids is 6.